The molecule has 6 heteroatoms. The van der Waals surface area contributed by atoms with Crippen LogP contribution >= 0.6 is 0 Å². The third kappa shape index (κ3) is 8.81. The predicted octanol–water partition coefficient (Wildman–Crippen LogP) is 1.44. The lowest BCUT2D eigenvalue weighted by Gasteiger charge is -2.26. The number of nitrogens with two attached hydrogens (primary N) is 1. The van der Waals surface area contributed by atoms with Crippen LogP contribution in [0.15, 0.2) is 0 Å². The number of carbonyl (C=O) groups excluding carboxylic acids is 1. The molecule has 0 aliphatic rings. The number of carbonyl (C=O) groups is 2. The molecule has 18 heavy (non-hydrogen) atoms. The van der Waals surface area contributed by atoms with Gasteiger partial charge in [-0.1, -0.05) is 0 Å². The normalized spacial score (nSPS) is 12.9. The molecule has 0 heterocycles. The summed E-state index contributed by atoms with van der Waals surface area (Å²) in [4.78, 5) is 23.4. The van der Waals surface area contributed by atoms with Crippen LogP contribution in [0, 0.1) is 0 Å². The van der Waals surface area contributed by atoms with Crippen LogP contribution in [0.2, 0.25) is 0 Å². The summed E-state index contributed by atoms with van der Waals surface area (Å²) < 4.78 is 5.18. The molecule has 0 saturated carbocycles. The van der Waals surface area contributed by atoms with Gasteiger partial charge in [0, 0.05) is 26.1 Å². The Morgan fingerprint density at radius 2 is 1.94 bits per heavy atom. The Bertz CT molecular complexity index is 286. The molecular weight excluding hydrogens is 236 g/mol. The van der Waals surface area contributed by atoms with Crippen molar-refractivity contribution in [2.45, 2.75) is 51.7 Å². The van der Waals surface area contributed by atoms with Crippen molar-refractivity contribution in [3.63, 3.8) is 0 Å². The molecular formula is C12H24N2O4. The maximum absolute atomic E-state index is 11.6. The van der Waals surface area contributed by atoms with Gasteiger partial charge < -0.3 is 20.5 Å². The molecule has 0 aliphatic carbocycles. The largest absolute Gasteiger partial charge is 0.481 e. The van der Waals surface area contributed by atoms with Gasteiger partial charge in [0.1, 0.15) is 5.60 Å². The zero-order valence-electron chi connectivity index (χ0n) is 11.6. The van der Waals surface area contributed by atoms with E-state index in [1.165, 1.54) is 4.90 Å². The van der Waals surface area contributed by atoms with E-state index in [1.807, 2.05) is 0 Å². The van der Waals surface area contributed by atoms with Crippen LogP contribution < -0.4 is 5.73 Å². The predicted molar refractivity (Wildman–Crippen MR) is 68.3 cm³/mol. The number of hydrogen-bond donors (Lipinski definition) is 2. The Hall–Kier alpha value is -1.30. The molecule has 0 aromatic heterocycles. The highest BCUT2D eigenvalue weighted by Crippen LogP contribution is 2.09. The number of hydrogen-bond acceptors (Lipinski definition) is 4. The highest BCUT2D eigenvalue weighted by Gasteiger charge is 2.20. The van der Waals surface area contributed by atoms with Crippen molar-refractivity contribution >= 4 is 12.1 Å². The van der Waals surface area contributed by atoms with Crippen LogP contribution in [-0.2, 0) is 9.53 Å². The van der Waals surface area contributed by atoms with Crippen LogP contribution in [0.1, 0.15) is 40.0 Å². The van der Waals surface area contributed by atoms with E-state index in [0.717, 1.165) is 0 Å². The molecule has 0 aromatic carbocycles. The van der Waals surface area contributed by atoms with Crippen molar-refractivity contribution in [3.05, 3.63) is 0 Å². The summed E-state index contributed by atoms with van der Waals surface area (Å²) in [6.07, 6.45) is 0.762. The van der Waals surface area contributed by atoms with Gasteiger partial charge >= 0.3 is 12.1 Å². The first kappa shape index (κ1) is 16.7. The van der Waals surface area contributed by atoms with E-state index in [9.17, 15) is 9.59 Å². The number of likely N-dealkylation sites (N-methyl/N-ethyl adjacent to an activating group) is 1. The summed E-state index contributed by atoms with van der Waals surface area (Å²) in [5.74, 6) is -0.831. The summed E-state index contributed by atoms with van der Waals surface area (Å²) >= 11 is 0. The maximum Gasteiger partial charge on any atom is 0.410 e. The Morgan fingerprint density at radius 1 is 1.39 bits per heavy atom. The first-order chi connectivity index (χ1) is 8.11. The number of rotatable bonds is 6. The fourth-order valence-electron chi connectivity index (χ4n) is 1.37. The monoisotopic (exact) mass is 260 g/mol. The van der Waals surface area contributed by atoms with Crippen molar-refractivity contribution in [1.82, 2.24) is 4.90 Å². The van der Waals surface area contributed by atoms with Crippen molar-refractivity contribution < 1.29 is 19.4 Å². The van der Waals surface area contributed by atoms with E-state index >= 15 is 0 Å². The second-order valence-electron chi connectivity index (χ2n) is 5.41. The molecule has 1 unspecified atom stereocenters. The molecule has 0 rings (SSSR count). The minimum absolute atomic E-state index is 0.101. The highest BCUT2D eigenvalue weighted by molar-refractivity contribution is 5.67. The van der Waals surface area contributed by atoms with Crippen molar-refractivity contribution in [2.24, 2.45) is 5.73 Å². The van der Waals surface area contributed by atoms with Crippen LogP contribution in [0.4, 0.5) is 4.79 Å². The third-order valence-corrected chi connectivity index (χ3v) is 2.18. The molecule has 1 atom stereocenters. The Kier molecular flexibility index (Phi) is 6.68. The molecule has 6 nitrogen and oxygen atoms in total. The van der Waals surface area contributed by atoms with E-state index < -0.39 is 17.7 Å². The van der Waals surface area contributed by atoms with Crippen molar-refractivity contribution in [3.8, 4) is 0 Å². The highest BCUT2D eigenvalue weighted by atomic mass is 16.6. The molecule has 0 fully saturated rings. The van der Waals surface area contributed by atoms with Crippen LogP contribution in [0.3, 0.4) is 0 Å². The lowest BCUT2D eigenvalue weighted by molar-refractivity contribution is -0.137. The Morgan fingerprint density at radius 3 is 2.39 bits per heavy atom. The summed E-state index contributed by atoms with van der Waals surface area (Å²) in [5.41, 5.74) is 5.29. The number of carboxylic acid groups (broad SMARTS) is 1. The van der Waals surface area contributed by atoms with Gasteiger partial charge in [-0.15, -0.1) is 0 Å². The molecule has 0 aromatic rings. The van der Waals surface area contributed by atoms with E-state index in [1.54, 1.807) is 27.8 Å². The number of amides is 1. The van der Waals surface area contributed by atoms with E-state index in [-0.39, 0.29) is 12.5 Å². The van der Waals surface area contributed by atoms with Crippen LogP contribution in [0.5, 0.6) is 0 Å². The molecule has 0 radical (unpaired) electrons. The molecule has 0 spiro atoms. The molecule has 0 saturated heterocycles. The lowest BCUT2D eigenvalue weighted by Crippen LogP contribution is -2.41. The minimum atomic E-state index is -0.831. The SMILES string of the molecule is CN(CC(N)CCCC(=O)O)C(=O)OC(C)(C)C. The fourth-order valence-corrected chi connectivity index (χ4v) is 1.37. The van der Waals surface area contributed by atoms with Gasteiger partial charge in [0.25, 0.3) is 0 Å². The standard InChI is InChI=1S/C12H24N2O4/c1-12(2,3)18-11(17)14(4)8-9(13)6-5-7-10(15)16/h9H,5-8,13H2,1-4H3,(H,15,16). The van der Waals surface area contributed by atoms with E-state index in [4.69, 9.17) is 15.6 Å². The molecule has 1 amide bonds. The molecule has 3 N–H and O–H groups in total. The molecule has 0 bridgehead atoms. The Balaban J connectivity index is 3.95. The van der Waals surface area contributed by atoms with Gasteiger partial charge in [-0.25, -0.2) is 4.79 Å². The fraction of sp³-hybridized carbons (Fsp3) is 0.833. The van der Waals surface area contributed by atoms with Gasteiger partial charge in [-0.2, -0.15) is 0 Å². The van der Waals surface area contributed by atoms with E-state index in [0.29, 0.717) is 19.4 Å². The summed E-state index contributed by atoms with van der Waals surface area (Å²) in [6, 6.07) is -0.234. The number of carboxylic acids is 1. The van der Waals surface area contributed by atoms with E-state index in [2.05, 4.69) is 0 Å². The van der Waals surface area contributed by atoms with Gasteiger partial charge in [-0.05, 0) is 33.6 Å². The molecule has 106 valence electrons. The van der Waals surface area contributed by atoms with Crippen LogP contribution in [0.25, 0.3) is 0 Å². The first-order valence-corrected chi connectivity index (χ1v) is 6.03. The quantitative estimate of drug-likeness (QED) is 0.753. The lowest BCUT2D eigenvalue weighted by atomic mass is 10.1. The number of nitrogens with zero attached hydrogens (tertiary/aromatic N) is 1. The van der Waals surface area contributed by atoms with Gasteiger partial charge in [0.05, 0.1) is 0 Å². The van der Waals surface area contributed by atoms with Crippen molar-refractivity contribution in [2.75, 3.05) is 13.6 Å². The number of aliphatic carboxylic acids is 1. The summed E-state index contributed by atoms with van der Waals surface area (Å²) in [7, 11) is 1.62. The average Bonchev–Trinajstić information content (AvgIpc) is 2.13. The first-order valence-electron chi connectivity index (χ1n) is 6.03. The van der Waals surface area contributed by atoms with Crippen LogP contribution in [-0.4, -0.2) is 47.3 Å². The summed E-state index contributed by atoms with van der Waals surface area (Å²) in [6.45, 7) is 5.75. The topological polar surface area (TPSA) is 92.9 Å². The maximum atomic E-state index is 11.6. The van der Waals surface area contributed by atoms with Gasteiger partial charge in [0.15, 0.2) is 0 Å². The zero-order chi connectivity index (χ0) is 14.3. The summed E-state index contributed by atoms with van der Waals surface area (Å²) in [5, 5.41) is 8.50. The smallest absolute Gasteiger partial charge is 0.410 e. The third-order valence-electron chi connectivity index (χ3n) is 2.18. The molecule has 0 aliphatic heterocycles. The average molecular weight is 260 g/mol. The van der Waals surface area contributed by atoms with Gasteiger partial charge in [-0.3, -0.25) is 4.79 Å². The van der Waals surface area contributed by atoms with Gasteiger partial charge in [0.2, 0.25) is 0 Å². The zero-order valence-corrected chi connectivity index (χ0v) is 11.6. The van der Waals surface area contributed by atoms with Crippen molar-refractivity contribution in [1.29, 1.82) is 0 Å². The minimum Gasteiger partial charge on any atom is -0.481 e. The second-order valence-corrected chi connectivity index (χ2v) is 5.41. The number of ether oxygens (including phenoxy) is 1. The second kappa shape index (κ2) is 7.20. The Labute approximate surface area is 108 Å².